The summed E-state index contributed by atoms with van der Waals surface area (Å²) in [6.45, 7) is 1.90. The van der Waals surface area contributed by atoms with Crippen molar-refractivity contribution in [1.82, 2.24) is 5.43 Å². The standard InChI is InChI=1S/C30H21BrF3N3O4/c1-18-8-10-19(11-9-18)29(40)41-26-13-12-24(31)15-22(26)17-35-37-28(39)21-5-3-7-25(16-21)36-27(38)20-4-2-6-23(14-20)30(32,33)34/h2-17H,1H3,(H,36,38)(H,37,39). The molecule has 0 aliphatic carbocycles. The van der Waals surface area contributed by atoms with Crippen molar-refractivity contribution in [2.75, 3.05) is 5.32 Å². The molecular formula is C30H21BrF3N3O4. The smallest absolute Gasteiger partial charge is 0.416 e. The van der Waals surface area contributed by atoms with Crippen LogP contribution < -0.4 is 15.5 Å². The highest BCUT2D eigenvalue weighted by molar-refractivity contribution is 9.10. The molecule has 4 aromatic rings. The molecule has 0 aliphatic heterocycles. The molecule has 2 amide bonds. The van der Waals surface area contributed by atoms with Crippen molar-refractivity contribution in [1.29, 1.82) is 0 Å². The van der Waals surface area contributed by atoms with Crippen LogP contribution in [0.25, 0.3) is 0 Å². The van der Waals surface area contributed by atoms with E-state index >= 15 is 0 Å². The number of aryl methyl sites for hydroxylation is 1. The Hall–Kier alpha value is -4.77. The van der Waals surface area contributed by atoms with Crippen LogP contribution in [0.4, 0.5) is 18.9 Å². The van der Waals surface area contributed by atoms with Gasteiger partial charge in [0.05, 0.1) is 17.3 Å². The van der Waals surface area contributed by atoms with Gasteiger partial charge < -0.3 is 10.1 Å². The Balaban J connectivity index is 1.43. The maximum Gasteiger partial charge on any atom is 0.416 e. The predicted octanol–water partition coefficient (Wildman–Crippen LogP) is 7.01. The number of esters is 1. The zero-order chi connectivity index (χ0) is 29.6. The molecule has 0 heterocycles. The van der Waals surface area contributed by atoms with Gasteiger partial charge in [-0.15, -0.1) is 0 Å². The molecule has 11 heteroatoms. The molecule has 0 spiro atoms. The van der Waals surface area contributed by atoms with Crippen LogP contribution >= 0.6 is 15.9 Å². The Bertz CT molecular complexity index is 1640. The Morgan fingerprint density at radius 1 is 0.829 bits per heavy atom. The quantitative estimate of drug-likeness (QED) is 0.100. The van der Waals surface area contributed by atoms with Crippen LogP contribution in [0.5, 0.6) is 5.75 Å². The minimum atomic E-state index is -4.59. The number of ether oxygens (including phenoxy) is 1. The first-order chi connectivity index (χ1) is 19.5. The van der Waals surface area contributed by atoms with Gasteiger partial charge >= 0.3 is 12.1 Å². The van der Waals surface area contributed by atoms with Crippen molar-refractivity contribution >= 4 is 45.6 Å². The molecule has 0 radical (unpaired) electrons. The predicted molar refractivity (Wildman–Crippen MR) is 151 cm³/mol. The van der Waals surface area contributed by atoms with E-state index in [2.05, 4.69) is 31.8 Å². The second-order valence-electron chi connectivity index (χ2n) is 8.75. The van der Waals surface area contributed by atoms with Crippen LogP contribution in [0.15, 0.2) is 101 Å². The van der Waals surface area contributed by atoms with Gasteiger partial charge in [-0.3, -0.25) is 9.59 Å². The van der Waals surface area contributed by atoms with Crippen LogP contribution in [0.1, 0.15) is 47.8 Å². The first-order valence-corrected chi connectivity index (χ1v) is 12.8. The second-order valence-corrected chi connectivity index (χ2v) is 9.67. The molecular weight excluding hydrogens is 603 g/mol. The van der Waals surface area contributed by atoms with E-state index in [9.17, 15) is 27.6 Å². The summed E-state index contributed by atoms with van der Waals surface area (Å²) in [6.07, 6.45) is -3.28. The van der Waals surface area contributed by atoms with Crippen molar-refractivity contribution < 1.29 is 32.3 Å². The molecule has 0 aliphatic rings. The molecule has 208 valence electrons. The number of halogens is 4. The third-order valence-corrected chi connectivity index (χ3v) is 6.16. The average molecular weight is 624 g/mol. The maximum absolute atomic E-state index is 13.0. The highest BCUT2D eigenvalue weighted by Gasteiger charge is 2.30. The van der Waals surface area contributed by atoms with Crippen molar-refractivity contribution in [3.8, 4) is 5.75 Å². The van der Waals surface area contributed by atoms with Crippen molar-refractivity contribution in [3.05, 3.63) is 129 Å². The van der Waals surface area contributed by atoms with Gasteiger partial charge in [0, 0.05) is 26.9 Å². The van der Waals surface area contributed by atoms with Gasteiger partial charge in [0.15, 0.2) is 0 Å². The number of hydrazone groups is 1. The molecule has 4 aromatic carbocycles. The van der Waals surface area contributed by atoms with E-state index in [0.29, 0.717) is 15.6 Å². The van der Waals surface area contributed by atoms with Crippen LogP contribution in [0, 0.1) is 6.92 Å². The maximum atomic E-state index is 13.0. The van der Waals surface area contributed by atoms with Gasteiger partial charge in [-0.1, -0.05) is 45.8 Å². The first kappa shape index (κ1) is 29.2. The molecule has 41 heavy (non-hydrogen) atoms. The SMILES string of the molecule is Cc1ccc(C(=O)Oc2ccc(Br)cc2C=NNC(=O)c2cccc(NC(=O)c3cccc(C(F)(F)F)c3)c2)cc1. The monoisotopic (exact) mass is 623 g/mol. The van der Waals surface area contributed by atoms with E-state index in [4.69, 9.17) is 4.74 Å². The van der Waals surface area contributed by atoms with Gasteiger partial charge in [-0.05, 0) is 73.7 Å². The fraction of sp³-hybridized carbons (Fsp3) is 0.0667. The molecule has 0 saturated carbocycles. The first-order valence-electron chi connectivity index (χ1n) is 12.0. The fourth-order valence-electron chi connectivity index (χ4n) is 3.56. The lowest BCUT2D eigenvalue weighted by Crippen LogP contribution is -2.19. The Morgan fingerprint density at radius 2 is 1.51 bits per heavy atom. The third-order valence-electron chi connectivity index (χ3n) is 5.67. The molecule has 0 unspecified atom stereocenters. The largest absolute Gasteiger partial charge is 0.422 e. The highest BCUT2D eigenvalue weighted by Crippen LogP contribution is 2.30. The second kappa shape index (κ2) is 12.6. The number of nitrogens with one attached hydrogen (secondary N) is 2. The van der Waals surface area contributed by atoms with Gasteiger partial charge in [-0.25, -0.2) is 10.2 Å². The topological polar surface area (TPSA) is 96.9 Å². The number of carbonyl (C=O) groups excluding carboxylic acids is 3. The van der Waals surface area contributed by atoms with Crippen molar-refractivity contribution in [3.63, 3.8) is 0 Å². The number of anilines is 1. The summed E-state index contributed by atoms with van der Waals surface area (Å²) in [6, 6.07) is 21.6. The van der Waals surface area contributed by atoms with E-state index in [1.165, 1.54) is 36.5 Å². The molecule has 0 saturated heterocycles. The number of benzene rings is 4. The summed E-state index contributed by atoms with van der Waals surface area (Å²) in [7, 11) is 0. The Labute approximate surface area is 241 Å². The van der Waals surface area contributed by atoms with Crippen molar-refractivity contribution in [2.45, 2.75) is 13.1 Å². The Morgan fingerprint density at radius 3 is 2.22 bits per heavy atom. The normalized spacial score (nSPS) is 11.2. The van der Waals surface area contributed by atoms with E-state index in [-0.39, 0.29) is 22.6 Å². The number of hydrogen-bond donors (Lipinski definition) is 2. The number of rotatable bonds is 7. The molecule has 0 bridgehead atoms. The minimum absolute atomic E-state index is 0.129. The summed E-state index contributed by atoms with van der Waals surface area (Å²) in [5, 5.41) is 6.44. The number of alkyl halides is 3. The Kier molecular flexibility index (Phi) is 8.98. The lowest BCUT2D eigenvalue weighted by molar-refractivity contribution is -0.137. The average Bonchev–Trinajstić information content (AvgIpc) is 2.94. The number of amides is 2. The zero-order valence-electron chi connectivity index (χ0n) is 21.3. The lowest BCUT2D eigenvalue weighted by Gasteiger charge is -2.10. The molecule has 0 fully saturated rings. The molecule has 7 nitrogen and oxygen atoms in total. The van der Waals surface area contributed by atoms with Crippen LogP contribution in [-0.4, -0.2) is 24.0 Å². The molecule has 2 N–H and O–H groups in total. The van der Waals surface area contributed by atoms with Crippen LogP contribution in [0.3, 0.4) is 0 Å². The van der Waals surface area contributed by atoms with Gasteiger partial charge in [0.2, 0.25) is 0 Å². The molecule has 0 aromatic heterocycles. The van der Waals surface area contributed by atoms with Gasteiger partial charge in [-0.2, -0.15) is 18.3 Å². The van der Waals surface area contributed by atoms with E-state index in [1.54, 1.807) is 42.5 Å². The summed E-state index contributed by atoms with van der Waals surface area (Å²) >= 11 is 3.35. The van der Waals surface area contributed by atoms with E-state index < -0.39 is 29.5 Å². The zero-order valence-corrected chi connectivity index (χ0v) is 22.9. The minimum Gasteiger partial charge on any atom is -0.422 e. The third kappa shape index (κ3) is 7.89. The van der Waals surface area contributed by atoms with Crippen LogP contribution in [0.2, 0.25) is 0 Å². The van der Waals surface area contributed by atoms with Crippen molar-refractivity contribution in [2.24, 2.45) is 5.10 Å². The molecule has 0 atom stereocenters. The summed E-state index contributed by atoms with van der Waals surface area (Å²) < 4.78 is 45.1. The van der Waals surface area contributed by atoms with E-state index in [1.807, 2.05) is 6.92 Å². The number of nitrogens with zero attached hydrogens (tertiary/aromatic N) is 1. The van der Waals surface area contributed by atoms with Crippen LogP contribution in [-0.2, 0) is 6.18 Å². The summed E-state index contributed by atoms with van der Waals surface area (Å²) in [4.78, 5) is 37.7. The van der Waals surface area contributed by atoms with E-state index in [0.717, 1.165) is 23.8 Å². The fourth-order valence-corrected chi connectivity index (χ4v) is 3.94. The number of carbonyl (C=O) groups is 3. The molecule has 4 rings (SSSR count). The summed E-state index contributed by atoms with van der Waals surface area (Å²) in [5.74, 6) is -1.73. The van der Waals surface area contributed by atoms with Gasteiger partial charge in [0.25, 0.3) is 11.8 Å². The summed E-state index contributed by atoms with van der Waals surface area (Å²) in [5.41, 5.74) is 3.32. The van der Waals surface area contributed by atoms with Gasteiger partial charge in [0.1, 0.15) is 5.75 Å². The lowest BCUT2D eigenvalue weighted by atomic mass is 10.1. The number of hydrogen-bond acceptors (Lipinski definition) is 5. The highest BCUT2D eigenvalue weighted by atomic mass is 79.9.